The van der Waals surface area contributed by atoms with E-state index < -0.39 is 0 Å². The molecule has 1 N–H and O–H groups in total. The Hall–Kier alpha value is -2.67. The molecule has 1 saturated carbocycles. The third kappa shape index (κ3) is 3.74. The van der Waals surface area contributed by atoms with Gasteiger partial charge in [0.05, 0.1) is 5.75 Å². The average molecular weight is 425 g/mol. The maximum atomic E-state index is 12.7. The Morgan fingerprint density at radius 2 is 1.87 bits per heavy atom. The largest absolute Gasteiger partial charge is 0.454 e. The monoisotopic (exact) mass is 424 g/mol. The second-order valence-corrected chi connectivity index (χ2v) is 8.98. The first-order valence-electron chi connectivity index (χ1n) is 10.4. The van der Waals surface area contributed by atoms with Gasteiger partial charge in [-0.15, -0.1) is 11.8 Å². The summed E-state index contributed by atoms with van der Waals surface area (Å²) < 4.78 is 10.9. The first-order valence-corrected chi connectivity index (χ1v) is 11.5. The molecule has 0 aromatic heterocycles. The Labute approximate surface area is 179 Å². The van der Waals surface area contributed by atoms with E-state index in [4.69, 9.17) is 9.47 Å². The van der Waals surface area contributed by atoms with Crippen molar-refractivity contribution in [1.29, 1.82) is 0 Å². The van der Waals surface area contributed by atoms with Gasteiger partial charge in [0.2, 0.25) is 18.6 Å². The summed E-state index contributed by atoms with van der Waals surface area (Å²) in [6.07, 6.45) is 5.42. The normalized spacial score (nSPS) is 21.1. The Morgan fingerprint density at radius 1 is 1.03 bits per heavy atom. The van der Waals surface area contributed by atoms with Gasteiger partial charge in [0, 0.05) is 23.4 Å². The number of nitrogens with one attached hydrogen (secondary N) is 1. The summed E-state index contributed by atoms with van der Waals surface area (Å²) in [5, 5.41) is 2.94. The van der Waals surface area contributed by atoms with E-state index in [2.05, 4.69) is 5.32 Å². The lowest BCUT2D eigenvalue weighted by Crippen LogP contribution is -2.28. The zero-order chi connectivity index (χ0) is 20.5. The van der Waals surface area contributed by atoms with Gasteiger partial charge in [0.15, 0.2) is 11.5 Å². The van der Waals surface area contributed by atoms with Crippen molar-refractivity contribution in [3.8, 4) is 11.5 Å². The molecule has 0 bridgehead atoms. The molecule has 2 aliphatic heterocycles. The highest BCUT2D eigenvalue weighted by Gasteiger charge is 2.35. The number of anilines is 2. The van der Waals surface area contributed by atoms with E-state index in [1.807, 2.05) is 42.5 Å². The molecule has 6 nitrogen and oxygen atoms in total. The number of ether oxygens (including phenoxy) is 2. The third-order valence-electron chi connectivity index (χ3n) is 5.92. The maximum Gasteiger partial charge on any atom is 0.238 e. The second-order valence-electron chi connectivity index (χ2n) is 7.91. The van der Waals surface area contributed by atoms with E-state index in [0.29, 0.717) is 17.3 Å². The van der Waals surface area contributed by atoms with Gasteiger partial charge in [-0.1, -0.05) is 31.4 Å². The maximum absolute atomic E-state index is 12.7. The summed E-state index contributed by atoms with van der Waals surface area (Å²) in [5.74, 6) is 2.04. The van der Waals surface area contributed by atoms with Crippen LogP contribution in [0.3, 0.4) is 0 Å². The van der Waals surface area contributed by atoms with Crippen LogP contribution in [0.5, 0.6) is 11.5 Å². The zero-order valence-corrected chi connectivity index (χ0v) is 17.5. The van der Waals surface area contributed by atoms with Crippen molar-refractivity contribution in [1.82, 2.24) is 0 Å². The molecule has 0 spiro atoms. The van der Waals surface area contributed by atoms with E-state index in [0.717, 1.165) is 42.6 Å². The van der Waals surface area contributed by atoms with E-state index in [-0.39, 0.29) is 29.9 Å². The molecule has 2 fully saturated rings. The molecule has 1 aliphatic carbocycles. The van der Waals surface area contributed by atoms with Crippen LogP contribution in [0.2, 0.25) is 0 Å². The number of rotatable bonds is 4. The van der Waals surface area contributed by atoms with Crippen LogP contribution < -0.4 is 19.7 Å². The first kappa shape index (κ1) is 19.3. The van der Waals surface area contributed by atoms with Crippen LogP contribution in [0.4, 0.5) is 11.4 Å². The fraction of sp³-hybridized carbons (Fsp3) is 0.391. The molecule has 1 unspecified atom stereocenters. The Morgan fingerprint density at radius 3 is 2.73 bits per heavy atom. The van der Waals surface area contributed by atoms with Gasteiger partial charge >= 0.3 is 0 Å². The number of nitrogens with zero attached hydrogens (tertiary/aromatic N) is 1. The Bertz CT molecular complexity index is 973. The molecule has 2 heterocycles. The molecular weight excluding hydrogens is 400 g/mol. The van der Waals surface area contributed by atoms with Crippen LogP contribution in [-0.4, -0.2) is 24.4 Å². The quantitative estimate of drug-likeness (QED) is 0.770. The van der Waals surface area contributed by atoms with Gasteiger partial charge in [0.1, 0.15) is 5.37 Å². The Kier molecular flexibility index (Phi) is 5.29. The van der Waals surface area contributed by atoms with Crippen LogP contribution in [0.15, 0.2) is 42.5 Å². The number of hydrogen-bond donors (Lipinski definition) is 1. The summed E-state index contributed by atoms with van der Waals surface area (Å²) in [5.41, 5.74) is 2.56. The number of fused-ring (bicyclic) bond motifs is 1. The van der Waals surface area contributed by atoms with E-state index >= 15 is 0 Å². The molecule has 2 amide bonds. The fourth-order valence-corrected chi connectivity index (χ4v) is 5.53. The molecular formula is C23H24N2O4S. The number of hydrogen-bond acceptors (Lipinski definition) is 5. The van der Waals surface area contributed by atoms with E-state index in [9.17, 15) is 9.59 Å². The van der Waals surface area contributed by atoms with Crippen LogP contribution >= 0.6 is 11.8 Å². The van der Waals surface area contributed by atoms with Gasteiger partial charge < -0.3 is 14.8 Å². The summed E-state index contributed by atoms with van der Waals surface area (Å²) >= 11 is 1.59. The summed E-state index contributed by atoms with van der Waals surface area (Å²) in [4.78, 5) is 27.1. The SMILES string of the molecule is O=C(Nc1cccc(C2SCC(=O)N2c2ccc3c(c2)OCO3)c1)C1CCCCC1. The standard InChI is InChI=1S/C23H24N2O4S/c26-21-13-30-23(25(21)18-9-10-19-20(12-18)29-14-28-19)16-7-4-8-17(11-16)24-22(27)15-5-2-1-3-6-15/h4,7-12,15,23H,1-3,5-6,13-14H2,(H,24,27). The predicted octanol–water partition coefficient (Wildman–Crippen LogP) is 4.71. The van der Waals surface area contributed by atoms with E-state index in [1.54, 1.807) is 16.7 Å². The molecule has 156 valence electrons. The topological polar surface area (TPSA) is 67.9 Å². The highest BCUT2D eigenvalue weighted by molar-refractivity contribution is 8.00. The van der Waals surface area contributed by atoms with Crippen molar-refractivity contribution in [3.63, 3.8) is 0 Å². The van der Waals surface area contributed by atoms with Gasteiger partial charge in [-0.2, -0.15) is 0 Å². The number of benzene rings is 2. The predicted molar refractivity (Wildman–Crippen MR) is 117 cm³/mol. The number of thioether (sulfide) groups is 1. The molecule has 2 aromatic carbocycles. The number of carbonyl (C=O) groups excluding carboxylic acids is 2. The lowest BCUT2D eigenvalue weighted by Gasteiger charge is -2.25. The van der Waals surface area contributed by atoms with Crippen molar-refractivity contribution in [3.05, 3.63) is 48.0 Å². The van der Waals surface area contributed by atoms with Crippen molar-refractivity contribution >= 4 is 35.0 Å². The minimum absolute atomic E-state index is 0.0560. The van der Waals surface area contributed by atoms with Crippen molar-refractivity contribution in [2.24, 2.45) is 5.92 Å². The number of carbonyl (C=O) groups is 2. The van der Waals surface area contributed by atoms with Crippen LogP contribution in [0, 0.1) is 5.92 Å². The van der Waals surface area contributed by atoms with Gasteiger partial charge in [-0.25, -0.2) is 0 Å². The van der Waals surface area contributed by atoms with Gasteiger partial charge in [-0.3, -0.25) is 14.5 Å². The zero-order valence-electron chi connectivity index (χ0n) is 16.6. The van der Waals surface area contributed by atoms with Gasteiger partial charge in [0.25, 0.3) is 0 Å². The molecule has 1 atom stereocenters. The average Bonchev–Trinajstić information content (AvgIpc) is 3.40. The molecule has 2 aromatic rings. The minimum atomic E-state index is -0.149. The lowest BCUT2D eigenvalue weighted by atomic mass is 9.88. The van der Waals surface area contributed by atoms with Crippen LogP contribution in [-0.2, 0) is 9.59 Å². The fourth-order valence-electron chi connectivity index (χ4n) is 4.36. The van der Waals surface area contributed by atoms with Crippen LogP contribution in [0.25, 0.3) is 0 Å². The minimum Gasteiger partial charge on any atom is -0.454 e. The molecule has 7 heteroatoms. The van der Waals surface area contributed by atoms with Crippen molar-refractivity contribution in [2.75, 3.05) is 22.8 Å². The van der Waals surface area contributed by atoms with Crippen molar-refractivity contribution in [2.45, 2.75) is 37.5 Å². The molecule has 3 aliphatic rings. The first-order chi connectivity index (χ1) is 14.7. The Balaban J connectivity index is 1.37. The van der Waals surface area contributed by atoms with E-state index in [1.165, 1.54) is 6.42 Å². The van der Waals surface area contributed by atoms with Gasteiger partial charge in [-0.05, 0) is 42.7 Å². The highest BCUT2D eigenvalue weighted by atomic mass is 32.2. The molecule has 5 rings (SSSR count). The molecule has 0 radical (unpaired) electrons. The summed E-state index contributed by atoms with van der Waals surface area (Å²) in [7, 11) is 0. The van der Waals surface area contributed by atoms with Crippen molar-refractivity contribution < 1.29 is 19.1 Å². The summed E-state index contributed by atoms with van der Waals surface area (Å²) in [6.45, 7) is 0.202. The number of amides is 2. The lowest BCUT2D eigenvalue weighted by molar-refractivity contribution is -0.120. The third-order valence-corrected chi connectivity index (χ3v) is 7.13. The second kappa shape index (κ2) is 8.22. The smallest absolute Gasteiger partial charge is 0.238 e. The molecule has 30 heavy (non-hydrogen) atoms. The van der Waals surface area contributed by atoms with Crippen LogP contribution in [0.1, 0.15) is 43.0 Å². The highest BCUT2D eigenvalue weighted by Crippen LogP contribution is 2.45. The summed E-state index contributed by atoms with van der Waals surface area (Å²) in [6, 6.07) is 13.4. The molecule has 1 saturated heterocycles.